The van der Waals surface area contributed by atoms with Crippen LogP contribution >= 0.6 is 0 Å². The van der Waals surface area contributed by atoms with Crippen molar-refractivity contribution in [3.63, 3.8) is 0 Å². The van der Waals surface area contributed by atoms with Gasteiger partial charge in [-0.15, -0.1) is 5.10 Å². The fourth-order valence-electron chi connectivity index (χ4n) is 5.33. The molecule has 2 fully saturated rings. The number of fused-ring (bicyclic) bond motifs is 3. The number of piperazine rings is 1. The van der Waals surface area contributed by atoms with E-state index in [0.717, 1.165) is 6.07 Å². The van der Waals surface area contributed by atoms with Crippen molar-refractivity contribution in [1.82, 2.24) is 39.6 Å². The van der Waals surface area contributed by atoms with Crippen LogP contribution in [-0.2, 0) is 6.54 Å². The quantitative estimate of drug-likeness (QED) is 0.301. The van der Waals surface area contributed by atoms with E-state index in [4.69, 9.17) is 14.9 Å². The Labute approximate surface area is 231 Å². The van der Waals surface area contributed by atoms with Crippen molar-refractivity contribution >= 4 is 28.3 Å². The number of halogens is 3. The number of nitrogens with two attached hydrogens (primary N) is 1. The van der Waals surface area contributed by atoms with E-state index in [2.05, 4.69) is 30.4 Å². The number of nitrogens with one attached hydrogen (secondary N) is 1. The second-order valence-electron chi connectivity index (χ2n) is 10.1. The minimum Gasteiger partial charge on any atom is -0.483 e. The molecule has 5 aromatic rings. The molecule has 41 heavy (non-hydrogen) atoms. The Balaban J connectivity index is 1.02. The van der Waals surface area contributed by atoms with Crippen molar-refractivity contribution in [2.24, 2.45) is 0 Å². The Hall–Kier alpha value is -4.37. The number of hydrogen-bond donors (Lipinski definition) is 2. The van der Waals surface area contributed by atoms with Gasteiger partial charge in [0.2, 0.25) is 11.8 Å². The van der Waals surface area contributed by atoms with E-state index in [1.807, 2.05) is 4.90 Å². The lowest BCUT2D eigenvalue weighted by Gasteiger charge is -2.36. The second-order valence-corrected chi connectivity index (χ2v) is 10.1. The molecule has 0 saturated carbocycles. The summed E-state index contributed by atoms with van der Waals surface area (Å²) in [6.07, 6.45) is 1.20. The van der Waals surface area contributed by atoms with Crippen LogP contribution in [0.15, 0.2) is 41.1 Å². The molecule has 3 N–H and O–H groups in total. The molecule has 0 spiro atoms. The van der Waals surface area contributed by atoms with Gasteiger partial charge < -0.3 is 25.1 Å². The SMILES string of the molecule is Nc1nc2c(cnn2CCN2CCN(c3cc(O[C@@H]4CNC[C@@H]4F)c(F)cc3F)CC2)c2nc(-c3ccco3)nn12. The molecule has 4 aromatic heterocycles. The monoisotopic (exact) mass is 568 g/mol. The molecule has 214 valence electrons. The standard InChI is InChI=1S/C26H27F3N10O2/c27-16-10-17(28)21(41-22-14-31-13-18(22)29)11-19(16)37-6-3-36(4-7-37)5-8-38-24-15(12-32-38)25-33-23(20-2-1-9-40-20)35-39(25)26(30)34-24/h1-2,9-12,18,22,31H,3-8,13-14H2,(H2,30,34)/t18-,22+/m0/s1. The van der Waals surface area contributed by atoms with E-state index < -0.39 is 23.9 Å². The third kappa shape index (κ3) is 4.70. The van der Waals surface area contributed by atoms with Crippen LogP contribution < -0.4 is 20.7 Å². The van der Waals surface area contributed by atoms with Gasteiger partial charge in [0.25, 0.3) is 0 Å². The van der Waals surface area contributed by atoms with Crippen LogP contribution in [0.3, 0.4) is 0 Å². The fraction of sp³-hybridized carbons (Fsp3) is 0.385. The summed E-state index contributed by atoms with van der Waals surface area (Å²) in [6, 6.07) is 5.66. The number of rotatable bonds is 7. The second kappa shape index (κ2) is 10.2. The first kappa shape index (κ1) is 25.6. The fourth-order valence-corrected chi connectivity index (χ4v) is 5.33. The molecule has 0 aliphatic carbocycles. The van der Waals surface area contributed by atoms with Crippen LogP contribution in [0.25, 0.3) is 28.3 Å². The van der Waals surface area contributed by atoms with Crippen LogP contribution in [-0.4, -0.2) is 92.4 Å². The topological polar surface area (TPSA) is 128 Å². The van der Waals surface area contributed by atoms with Gasteiger partial charge in [-0.3, -0.25) is 4.90 Å². The lowest BCUT2D eigenvalue weighted by Crippen LogP contribution is -2.47. The lowest BCUT2D eigenvalue weighted by atomic mass is 10.2. The smallest absolute Gasteiger partial charge is 0.225 e. The van der Waals surface area contributed by atoms with Gasteiger partial charge in [-0.25, -0.2) is 22.8 Å². The number of anilines is 2. The number of hydrogen-bond acceptors (Lipinski definition) is 10. The molecule has 1 aromatic carbocycles. The summed E-state index contributed by atoms with van der Waals surface area (Å²) < 4.78 is 57.3. The van der Waals surface area contributed by atoms with Crippen molar-refractivity contribution in [3.05, 3.63) is 48.4 Å². The molecule has 12 nitrogen and oxygen atoms in total. The Morgan fingerprint density at radius 1 is 1.05 bits per heavy atom. The highest BCUT2D eigenvalue weighted by atomic mass is 19.1. The van der Waals surface area contributed by atoms with Crippen LogP contribution in [0.1, 0.15) is 0 Å². The summed E-state index contributed by atoms with van der Waals surface area (Å²) in [5.41, 5.74) is 7.56. The number of furan rings is 1. The molecule has 0 unspecified atom stereocenters. The highest BCUT2D eigenvalue weighted by molar-refractivity contribution is 5.90. The highest BCUT2D eigenvalue weighted by Crippen LogP contribution is 2.31. The predicted octanol–water partition coefficient (Wildman–Crippen LogP) is 2.11. The molecule has 2 saturated heterocycles. The van der Waals surface area contributed by atoms with Gasteiger partial charge in [0, 0.05) is 57.9 Å². The maximum absolute atomic E-state index is 14.7. The summed E-state index contributed by atoms with van der Waals surface area (Å²) in [6.45, 7) is 4.01. The highest BCUT2D eigenvalue weighted by Gasteiger charge is 2.30. The van der Waals surface area contributed by atoms with Gasteiger partial charge in [0.05, 0.1) is 30.1 Å². The van der Waals surface area contributed by atoms with Crippen LogP contribution in [0.2, 0.25) is 0 Å². The summed E-state index contributed by atoms with van der Waals surface area (Å²) >= 11 is 0. The molecule has 0 amide bonds. The Kier molecular flexibility index (Phi) is 6.38. The molecule has 0 bridgehead atoms. The predicted molar refractivity (Wildman–Crippen MR) is 143 cm³/mol. The van der Waals surface area contributed by atoms with Crippen molar-refractivity contribution in [3.8, 4) is 17.3 Å². The zero-order valence-corrected chi connectivity index (χ0v) is 21.9. The van der Waals surface area contributed by atoms with Gasteiger partial charge in [-0.05, 0) is 12.1 Å². The van der Waals surface area contributed by atoms with Gasteiger partial charge in [-0.1, -0.05) is 0 Å². The molecule has 6 heterocycles. The largest absolute Gasteiger partial charge is 0.483 e. The average molecular weight is 569 g/mol. The van der Waals surface area contributed by atoms with Crippen molar-refractivity contribution < 1.29 is 22.3 Å². The third-order valence-electron chi connectivity index (χ3n) is 7.55. The van der Waals surface area contributed by atoms with Crippen LogP contribution in [0, 0.1) is 11.6 Å². The van der Waals surface area contributed by atoms with E-state index in [9.17, 15) is 13.2 Å². The molecule has 15 heteroatoms. The van der Waals surface area contributed by atoms with Crippen molar-refractivity contribution in [1.29, 1.82) is 0 Å². The maximum atomic E-state index is 14.7. The maximum Gasteiger partial charge on any atom is 0.225 e. The van der Waals surface area contributed by atoms with E-state index in [-0.39, 0.29) is 30.5 Å². The zero-order chi connectivity index (χ0) is 28.1. The molecule has 0 radical (unpaired) electrons. The van der Waals surface area contributed by atoms with E-state index in [1.54, 1.807) is 29.3 Å². The summed E-state index contributed by atoms with van der Waals surface area (Å²) in [7, 11) is 0. The minimum absolute atomic E-state index is 0.143. The van der Waals surface area contributed by atoms with Gasteiger partial charge in [0.1, 0.15) is 11.9 Å². The molecule has 7 rings (SSSR count). The molecule has 2 aliphatic rings. The first-order valence-electron chi connectivity index (χ1n) is 13.3. The van der Waals surface area contributed by atoms with E-state index >= 15 is 0 Å². The van der Waals surface area contributed by atoms with Crippen molar-refractivity contribution in [2.75, 3.05) is 56.4 Å². The van der Waals surface area contributed by atoms with Crippen LogP contribution in [0.5, 0.6) is 5.75 Å². The van der Waals surface area contributed by atoms with E-state index in [1.165, 1.54) is 10.6 Å². The zero-order valence-electron chi connectivity index (χ0n) is 21.9. The molecular weight excluding hydrogens is 541 g/mol. The summed E-state index contributed by atoms with van der Waals surface area (Å²) in [4.78, 5) is 13.2. The van der Waals surface area contributed by atoms with Crippen molar-refractivity contribution in [2.45, 2.75) is 18.8 Å². The Morgan fingerprint density at radius 2 is 1.90 bits per heavy atom. The molecular formula is C26H27F3N10O2. The summed E-state index contributed by atoms with van der Waals surface area (Å²) in [5, 5.41) is 12.5. The van der Waals surface area contributed by atoms with Gasteiger partial charge in [-0.2, -0.15) is 14.6 Å². The first-order valence-corrected chi connectivity index (χ1v) is 13.3. The minimum atomic E-state index is -1.24. The van der Waals surface area contributed by atoms with E-state index in [0.29, 0.717) is 67.5 Å². The Morgan fingerprint density at radius 3 is 2.66 bits per heavy atom. The number of nitrogens with zero attached hydrogens (tertiary/aromatic N) is 8. The number of aromatic nitrogens is 6. The van der Waals surface area contributed by atoms with Gasteiger partial charge >= 0.3 is 0 Å². The molecule has 2 atom stereocenters. The Bertz CT molecular complexity index is 1700. The number of nitrogen functional groups attached to an aromatic ring is 1. The lowest BCUT2D eigenvalue weighted by molar-refractivity contribution is 0.134. The first-order chi connectivity index (χ1) is 19.9. The number of ether oxygens (including phenoxy) is 1. The normalized spacial score (nSPS) is 20.0. The number of alkyl halides is 1. The molecule has 2 aliphatic heterocycles. The third-order valence-corrected chi connectivity index (χ3v) is 7.55. The average Bonchev–Trinajstić information content (AvgIpc) is 3.77. The summed E-state index contributed by atoms with van der Waals surface area (Å²) in [5.74, 6) is -0.548. The van der Waals surface area contributed by atoms with Crippen LogP contribution in [0.4, 0.5) is 24.8 Å². The number of benzene rings is 1. The van der Waals surface area contributed by atoms with Gasteiger partial charge in [0.15, 0.2) is 34.8 Å².